The van der Waals surface area contributed by atoms with Gasteiger partial charge in [0, 0.05) is 18.7 Å². The number of nitrogens with zero attached hydrogens (tertiary/aromatic N) is 3. The maximum atomic E-state index is 5.72. The van der Waals surface area contributed by atoms with E-state index in [0.717, 1.165) is 24.5 Å². The van der Waals surface area contributed by atoms with Crippen molar-refractivity contribution in [2.75, 3.05) is 5.73 Å². The van der Waals surface area contributed by atoms with Crippen molar-refractivity contribution < 1.29 is 0 Å². The van der Waals surface area contributed by atoms with Gasteiger partial charge in [0.15, 0.2) is 0 Å². The molecule has 102 valence electrons. The van der Waals surface area contributed by atoms with Crippen molar-refractivity contribution in [2.24, 2.45) is 5.92 Å². The number of hydrogen-bond acceptors (Lipinski definition) is 3. The summed E-state index contributed by atoms with van der Waals surface area (Å²) in [6.45, 7) is 7.58. The Balaban J connectivity index is 2.08. The van der Waals surface area contributed by atoms with Crippen molar-refractivity contribution in [3.05, 3.63) is 42.0 Å². The highest BCUT2D eigenvalue weighted by Gasteiger charge is 2.12. The summed E-state index contributed by atoms with van der Waals surface area (Å²) in [6, 6.07) is 8.07. The number of nitrogens with two attached hydrogens (primary N) is 1. The largest absolute Gasteiger partial charge is 0.399 e. The Morgan fingerprint density at radius 2 is 1.84 bits per heavy atom. The van der Waals surface area contributed by atoms with Crippen molar-refractivity contribution in [3.63, 3.8) is 0 Å². The van der Waals surface area contributed by atoms with Crippen molar-refractivity contribution in [3.8, 4) is 0 Å². The maximum Gasteiger partial charge on any atom is 0.133 e. The van der Waals surface area contributed by atoms with Crippen LogP contribution in [0.25, 0.3) is 0 Å². The lowest BCUT2D eigenvalue weighted by Crippen LogP contribution is -2.10. The summed E-state index contributed by atoms with van der Waals surface area (Å²) in [4.78, 5) is 0. The average Bonchev–Trinajstić information content (AvgIpc) is 2.76. The highest BCUT2D eigenvalue weighted by molar-refractivity contribution is 5.40. The molecule has 4 heteroatoms. The van der Waals surface area contributed by atoms with Crippen LogP contribution in [0, 0.1) is 5.92 Å². The highest BCUT2D eigenvalue weighted by Crippen LogP contribution is 2.20. The molecule has 0 saturated heterocycles. The third kappa shape index (κ3) is 3.56. The monoisotopic (exact) mass is 258 g/mol. The van der Waals surface area contributed by atoms with E-state index in [-0.39, 0.29) is 0 Å². The van der Waals surface area contributed by atoms with Gasteiger partial charge in [-0.1, -0.05) is 32.9 Å². The Kier molecular flexibility index (Phi) is 4.20. The van der Waals surface area contributed by atoms with Crippen LogP contribution in [-0.2, 0) is 13.0 Å². The molecule has 1 aromatic carbocycles. The van der Waals surface area contributed by atoms with Crippen LogP contribution in [0.2, 0.25) is 0 Å². The molecule has 0 radical (unpaired) electrons. The molecule has 4 nitrogen and oxygen atoms in total. The minimum absolute atomic E-state index is 0.413. The molecule has 19 heavy (non-hydrogen) atoms. The van der Waals surface area contributed by atoms with E-state index in [0.29, 0.717) is 11.8 Å². The topological polar surface area (TPSA) is 56.7 Å². The van der Waals surface area contributed by atoms with Crippen LogP contribution in [0.1, 0.15) is 38.1 Å². The summed E-state index contributed by atoms with van der Waals surface area (Å²) in [5.41, 5.74) is 7.81. The average molecular weight is 258 g/mol. The fourth-order valence-corrected chi connectivity index (χ4v) is 2.20. The molecule has 1 atom stereocenters. The second-order valence-corrected chi connectivity index (χ2v) is 5.57. The summed E-state index contributed by atoms with van der Waals surface area (Å²) in [6.07, 6.45) is 2.72. The van der Waals surface area contributed by atoms with Crippen molar-refractivity contribution in [1.29, 1.82) is 0 Å². The lowest BCUT2D eigenvalue weighted by Gasteiger charge is -2.14. The van der Waals surface area contributed by atoms with Gasteiger partial charge in [0.1, 0.15) is 12.2 Å². The van der Waals surface area contributed by atoms with Gasteiger partial charge in [0.05, 0.1) is 0 Å². The van der Waals surface area contributed by atoms with Gasteiger partial charge in [0.25, 0.3) is 0 Å². The van der Waals surface area contributed by atoms with Gasteiger partial charge in [0.2, 0.25) is 0 Å². The SMILES string of the molecule is CC(C)Cn1cnnc1CC(C)c1ccc(N)cc1. The molecule has 0 spiro atoms. The molecule has 0 amide bonds. The van der Waals surface area contributed by atoms with Crippen LogP contribution in [-0.4, -0.2) is 14.8 Å². The maximum absolute atomic E-state index is 5.72. The normalized spacial score (nSPS) is 12.8. The number of nitrogen functional groups attached to an aromatic ring is 1. The van der Waals surface area contributed by atoms with Crippen molar-refractivity contribution >= 4 is 5.69 Å². The molecule has 0 aliphatic carbocycles. The second-order valence-electron chi connectivity index (χ2n) is 5.57. The Bertz CT molecular complexity index is 513. The summed E-state index contributed by atoms with van der Waals surface area (Å²) >= 11 is 0. The van der Waals surface area contributed by atoms with E-state index in [9.17, 15) is 0 Å². The van der Waals surface area contributed by atoms with E-state index >= 15 is 0 Å². The molecule has 0 saturated carbocycles. The summed E-state index contributed by atoms with van der Waals surface area (Å²) < 4.78 is 2.15. The smallest absolute Gasteiger partial charge is 0.133 e. The van der Waals surface area contributed by atoms with Gasteiger partial charge >= 0.3 is 0 Å². The zero-order valence-electron chi connectivity index (χ0n) is 11.9. The Morgan fingerprint density at radius 1 is 1.16 bits per heavy atom. The Morgan fingerprint density at radius 3 is 2.47 bits per heavy atom. The summed E-state index contributed by atoms with van der Waals surface area (Å²) in [7, 11) is 0. The number of rotatable bonds is 5. The molecule has 2 N–H and O–H groups in total. The molecule has 2 rings (SSSR count). The van der Waals surface area contributed by atoms with Crippen LogP contribution < -0.4 is 5.73 Å². The molecule has 1 aromatic heterocycles. The molecular formula is C15H22N4. The van der Waals surface area contributed by atoms with Gasteiger partial charge in [-0.2, -0.15) is 0 Å². The van der Waals surface area contributed by atoms with Gasteiger partial charge in [-0.3, -0.25) is 0 Å². The van der Waals surface area contributed by atoms with E-state index in [1.165, 1.54) is 5.56 Å². The first-order valence-corrected chi connectivity index (χ1v) is 6.78. The fraction of sp³-hybridized carbons (Fsp3) is 0.467. The number of benzene rings is 1. The Hall–Kier alpha value is -1.84. The van der Waals surface area contributed by atoms with E-state index in [2.05, 4.69) is 47.7 Å². The van der Waals surface area contributed by atoms with Crippen molar-refractivity contribution in [1.82, 2.24) is 14.8 Å². The van der Waals surface area contributed by atoms with Gasteiger partial charge < -0.3 is 10.3 Å². The summed E-state index contributed by atoms with van der Waals surface area (Å²) in [5, 5.41) is 8.27. The predicted octanol–water partition coefficient (Wildman–Crippen LogP) is 2.86. The first-order valence-electron chi connectivity index (χ1n) is 6.78. The predicted molar refractivity (Wildman–Crippen MR) is 77.8 cm³/mol. The van der Waals surface area contributed by atoms with Crippen molar-refractivity contribution in [2.45, 2.75) is 39.7 Å². The van der Waals surface area contributed by atoms with Crippen LogP contribution in [0.15, 0.2) is 30.6 Å². The standard InChI is InChI=1S/C15H22N4/c1-11(2)9-19-10-17-18-15(19)8-12(3)13-4-6-14(16)7-5-13/h4-7,10-12H,8-9,16H2,1-3H3. The third-order valence-electron chi connectivity index (χ3n) is 3.25. The van der Waals surface area contributed by atoms with E-state index < -0.39 is 0 Å². The molecule has 1 unspecified atom stereocenters. The van der Waals surface area contributed by atoms with Crippen LogP contribution in [0.4, 0.5) is 5.69 Å². The molecule has 1 heterocycles. The van der Waals surface area contributed by atoms with Crippen LogP contribution in [0.5, 0.6) is 0 Å². The van der Waals surface area contributed by atoms with E-state index in [4.69, 9.17) is 5.73 Å². The zero-order valence-corrected chi connectivity index (χ0v) is 11.9. The first kappa shape index (κ1) is 13.6. The zero-order chi connectivity index (χ0) is 13.8. The van der Waals surface area contributed by atoms with Gasteiger partial charge in [-0.25, -0.2) is 0 Å². The molecule has 0 aliphatic rings. The van der Waals surface area contributed by atoms with Gasteiger partial charge in [-0.15, -0.1) is 10.2 Å². The quantitative estimate of drug-likeness (QED) is 0.839. The third-order valence-corrected chi connectivity index (χ3v) is 3.25. The summed E-state index contributed by atoms with van der Waals surface area (Å²) in [5.74, 6) is 2.07. The number of aromatic nitrogens is 3. The molecule has 0 aliphatic heterocycles. The second kappa shape index (κ2) is 5.87. The van der Waals surface area contributed by atoms with Gasteiger partial charge in [-0.05, 0) is 29.5 Å². The first-order chi connectivity index (χ1) is 9.06. The molecular weight excluding hydrogens is 236 g/mol. The number of anilines is 1. The molecule has 2 aromatic rings. The van der Waals surface area contributed by atoms with E-state index in [1.807, 2.05) is 18.5 Å². The van der Waals surface area contributed by atoms with E-state index in [1.54, 1.807) is 0 Å². The fourth-order valence-electron chi connectivity index (χ4n) is 2.20. The minimum atomic E-state index is 0.413. The van der Waals surface area contributed by atoms with Crippen LogP contribution >= 0.6 is 0 Å². The molecule has 0 fully saturated rings. The molecule has 0 bridgehead atoms. The lowest BCUT2D eigenvalue weighted by atomic mass is 9.97. The lowest BCUT2D eigenvalue weighted by molar-refractivity contribution is 0.500. The minimum Gasteiger partial charge on any atom is -0.399 e. The number of hydrogen-bond donors (Lipinski definition) is 1. The Labute approximate surface area is 114 Å². The highest BCUT2D eigenvalue weighted by atomic mass is 15.3. The van der Waals surface area contributed by atoms with Crippen LogP contribution in [0.3, 0.4) is 0 Å².